The highest BCUT2D eigenvalue weighted by Gasteiger charge is 2.34. The number of carbonyl (C=O) groups is 1. The fourth-order valence-electron chi connectivity index (χ4n) is 3.55. The first kappa shape index (κ1) is 17.5. The van der Waals surface area contributed by atoms with Crippen LogP contribution in [0, 0.1) is 0 Å². The van der Waals surface area contributed by atoms with E-state index in [9.17, 15) is 18.0 Å². The maximum absolute atomic E-state index is 12.9. The summed E-state index contributed by atoms with van der Waals surface area (Å²) < 4.78 is 40.5. The Kier molecular flexibility index (Phi) is 4.33. The fourth-order valence-corrected chi connectivity index (χ4v) is 3.55. The van der Waals surface area contributed by atoms with Gasteiger partial charge in [0.2, 0.25) is 5.91 Å². The molecule has 0 spiro atoms. The summed E-state index contributed by atoms with van der Waals surface area (Å²) in [6.45, 7) is 0.560. The molecule has 1 fully saturated rings. The van der Waals surface area contributed by atoms with E-state index in [0.717, 1.165) is 25.0 Å². The van der Waals surface area contributed by atoms with Crippen LogP contribution in [0.3, 0.4) is 0 Å². The molecule has 1 saturated heterocycles. The number of nitrogens with zero attached hydrogens (tertiary/aromatic N) is 4. The summed E-state index contributed by atoms with van der Waals surface area (Å²) in [7, 11) is 0. The van der Waals surface area contributed by atoms with Gasteiger partial charge in [-0.25, -0.2) is 0 Å². The third-order valence-electron chi connectivity index (χ3n) is 4.82. The minimum absolute atomic E-state index is 0.0723. The molecule has 0 saturated carbocycles. The molecule has 1 aromatic carbocycles. The van der Waals surface area contributed by atoms with Crippen molar-refractivity contribution in [1.82, 2.24) is 19.5 Å². The summed E-state index contributed by atoms with van der Waals surface area (Å²) in [6.07, 6.45) is -1.07. The van der Waals surface area contributed by atoms with E-state index in [1.807, 2.05) is 28.8 Å². The monoisotopic (exact) mass is 374 g/mol. The van der Waals surface area contributed by atoms with Crippen LogP contribution in [-0.2, 0) is 17.4 Å². The summed E-state index contributed by atoms with van der Waals surface area (Å²) in [6, 6.07) is 10.3. The lowest BCUT2D eigenvalue weighted by Gasteiger charge is -2.23. The highest BCUT2D eigenvalue weighted by Crippen LogP contribution is 2.33. The number of hydrogen-bond acceptors (Lipinski definition) is 3. The number of aromatic nitrogens is 3. The maximum Gasteiger partial charge on any atom is 0.416 e. The molecule has 8 heteroatoms. The second kappa shape index (κ2) is 6.68. The first-order chi connectivity index (χ1) is 12.9. The van der Waals surface area contributed by atoms with Gasteiger partial charge in [-0.15, -0.1) is 10.2 Å². The molecule has 4 rings (SSSR count). The van der Waals surface area contributed by atoms with Crippen molar-refractivity contribution in [2.24, 2.45) is 0 Å². The number of alkyl halides is 3. The highest BCUT2D eigenvalue weighted by molar-refractivity contribution is 5.79. The Balaban J connectivity index is 1.57. The van der Waals surface area contributed by atoms with Crippen LogP contribution in [0.1, 0.15) is 35.8 Å². The van der Waals surface area contributed by atoms with Crippen LogP contribution in [0.2, 0.25) is 0 Å². The number of halogens is 3. The summed E-state index contributed by atoms with van der Waals surface area (Å²) >= 11 is 0. The Bertz CT molecular complexity index is 982. The fraction of sp³-hybridized carbons (Fsp3) is 0.316. The minimum Gasteiger partial charge on any atom is -0.332 e. The van der Waals surface area contributed by atoms with Gasteiger partial charge in [-0.3, -0.25) is 9.20 Å². The summed E-state index contributed by atoms with van der Waals surface area (Å²) in [5.74, 6) is 0.477. The Morgan fingerprint density at radius 1 is 1.15 bits per heavy atom. The standard InChI is InChI=1S/C19H17F3N4O/c20-19(21,22)14-6-3-5-13(11-14)12-17(27)25-10-4-7-15(25)18-24-23-16-8-1-2-9-26(16)18/h1-3,5-6,8-9,11,15H,4,7,10,12H2/t15-/m1/s1. The highest BCUT2D eigenvalue weighted by atomic mass is 19.4. The van der Waals surface area contributed by atoms with Gasteiger partial charge in [-0.1, -0.05) is 24.3 Å². The van der Waals surface area contributed by atoms with Gasteiger partial charge in [-0.05, 0) is 36.6 Å². The molecular weight excluding hydrogens is 357 g/mol. The molecule has 5 nitrogen and oxygen atoms in total. The van der Waals surface area contributed by atoms with Crippen molar-refractivity contribution in [3.05, 3.63) is 65.6 Å². The molecule has 0 aliphatic carbocycles. The zero-order valence-electron chi connectivity index (χ0n) is 14.4. The molecular formula is C19H17F3N4O. The van der Waals surface area contributed by atoms with Crippen molar-refractivity contribution in [2.45, 2.75) is 31.5 Å². The van der Waals surface area contributed by atoms with Gasteiger partial charge in [0.1, 0.15) is 0 Å². The molecule has 0 unspecified atom stereocenters. The van der Waals surface area contributed by atoms with E-state index < -0.39 is 11.7 Å². The molecule has 1 amide bonds. The molecule has 2 aromatic heterocycles. The van der Waals surface area contributed by atoms with Crippen molar-refractivity contribution in [1.29, 1.82) is 0 Å². The molecule has 140 valence electrons. The second-order valence-corrected chi connectivity index (χ2v) is 6.61. The van der Waals surface area contributed by atoms with E-state index in [4.69, 9.17) is 0 Å². The van der Waals surface area contributed by atoms with Gasteiger partial charge in [0.05, 0.1) is 18.0 Å². The van der Waals surface area contributed by atoms with E-state index in [1.165, 1.54) is 6.07 Å². The normalized spacial score (nSPS) is 17.6. The quantitative estimate of drug-likeness (QED) is 0.703. The average Bonchev–Trinajstić information content (AvgIpc) is 3.27. The average molecular weight is 374 g/mol. The Hall–Kier alpha value is -2.90. The molecule has 1 aliphatic rings. The Morgan fingerprint density at radius 3 is 2.81 bits per heavy atom. The summed E-state index contributed by atoms with van der Waals surface area (Å²) in [5.41, 5.74) is 0.311. The maximum atomic E-state index is 12.9. The van der Waals surface area contributed by atoms with Crippen molar-refractivity contribution in [3.8, 4) is 0 Å². The Morgan fingerprint density at radius 2 is 2.00 bits per heavy atom. The number of rotatable bonds is 3. The van der Waals surface area contributed by atoms with Crippen molar-refractivity contribution in [3.63, 3.8) is 0 Å². The first-order valence-electron chi connectivity index (χ1n) is 8.69. The molecule has 1 atom stereocenters. The van der Waals surface area contributed by atoms with Crippen LogP contribution in [-0.4, -0.2) is 31.9 Å². The van der Waals surface area contributed by atoms with Crippen LogP contribution in [0.4, 0.5) is 13.2 Å². The van der Waals surface area contributed by atoms with Crippen LogP contribution < -0.4 is 0 Å². The smallest absolute Gasteiger partial charge is 0.332 e. The topological polar surface area (TPSA) is 50.5 Å². The number of hydrogen-bond donors (Lipinski definition) is 0. The van der Waals surface area contributed by atoms with Crippen LogP contribution in [0.15, 0.2) is 48.7 Å². The zero-order chi connectivity index (χ0) is 19.0. The predicted octanol–water partition coefficient (Wildman–Crippen LogP) is 3.65. The third-order valence-corrected chi connectivity index (χ3v) is 4.82. The van der Waals surface area contributed by atoms with E-state index in [1.54, 1.807) is 11.0 Å². The minimum atomic E-state index is -4.42. The number of fused-ring (bicyclic) bond motifs is 1. The van der Waals surface area contributed by atoms with Gasteiger partial charge < -0.3 is 4.90 Å². The van der Waals surface area contributed by atoms with Crippen molar-refractivity contribution >= 4 is 11.6 Å². The van der Waals surface area contributed by atoms with Crippen LogP contribution in [0.5, 0.6) is 0 Å². The first-order valence-corrected chi connectivity index (χ1v) is 8.69. The summed E-state index contributed by atoms with van der Waals surface area (Å²) in [5, 5.41) is 8.36. The SMILES string of the molecule is O=C(Cc1cccc(C(F)(F)F)c1)N1CCC[C@@H]1c1nnc2ccccn12. The van der Waals surface area contributed by atoms with Crippen molar-refractivity contribution in [2.75, 3.05) is 6.54 Å². The number of carbonyl (C=O) groups excluding carboxylic acids is 1. The van der Waals surface area contributed by atoms with Gasteiger partial charge in [0.15, 0.2) is 11.5 Å². The third kappa shape index (κ3) is 3.39. The lowest BCUT2D eigenvalue weighted by atomic mass is 10.1. The van der Waals surface area contributed by atoms with Crippen LogP contribution >= 0.6 is 0 Å². The molecule has 1 aliphatic heterocycles. The molecule has 3 heterocycles. The number of amides is 1. The lowest BCUT2D eigenvalue weighted by Crippen LogP contribution is -2.32. The van der Waals surface area contributed by atoms with Crippen LogP contribution in [0.25, 0.3) is 5.65 Å². The number of likely N-dealkylation sites (tertiary alicyclic amines) is 1. The van der Waals surface area contributed by atoms with E-state index in [0.29, 0.717) is 23.6 Å². The number of benzene rings is 1. The molecule has 0 radical (unpaired) electrons. The van der Waals surface area contributed by atoms with E-state index in [-0.39, 0.29) is 18.4 Å². The Labute approximate surface area is 153 Å². The predicted molar refractivity (Wildman–Crippen MR) is 91.8 cm³/mol. The summed E-state index contributed by atoms with van der Waals surface area (Å²) in [4.78, 5) is 14.5. The van der Waals surface area contributed by atoms with Gasteiger partial charge in [-0.2, -0.15) is 13.2 Å². The molecule has 27 heavy (non-hydrogen) atoms. The number of pyridine rings is 1. The molecule has 0 N–H and O–H groups in total. The van der Waals surface area contributed by atoms with E-state index >= 15 is 0 Å². The van der Waals surface area contributed by atoms with Gasteiger partial charge in [0.25, 0.3) is 0 Å². The molecule has 3 aromatic rings. The molecule has 0 bridgehead atoms. The second-order valence-electron chi connectivity index (χ2n) is 6.61. The van der Waals surface area contributed by atoms with Gasteiger partial charge >= 0.3 is 6.18 Å². The van der Waals surface area contributed by atoms with Gasteiger partial charge in [0, 0.05) is 12.7 Å². The van der Waals surface area contributed by atoms with Crippen molar-refractivity contribution < 1.29 is 18.0 Å². The van der Waals surface area contributed by atoms with E-state index in [2.05, 4.69) is 10.2 Å². The lowest BCUT2D eigenvalue weighted by molar-refractivity contribution is -0.138. The largest absolute Gasteiger partial charge is 0.416 e. The zero-order valence-corrected chi connectivity index (χ0v) is 14.4.